The number of hydrogen-bond donors (Lipinski definition) is 1. The topological polar surface area (TPSA) is 29.9 Å². The highest BCUT2D eigenvalue weighted by atomic mass is 19.1. The maximum atomic E-state index is 14.2. The van der Waals surface area contributed by atoms with Crippen LogP contribution in [0, 0.1) is 12.7 Å². The lowest BCUT2D eigenvalue weighted by atomic mass is 10.0. The monoisotopic (exact) mass is 287 g/mol. The highest BCUT2D eigenvalue weighted by Crippen LogP contribution is 2.25. The summed E-state index contributed by atoms with van der Waals surface area (Å²) in [6, 6.07) is 6.10. The molecule has 4 heteroatoms. The molecule has 0 bridgehead atoms. The van der Waals surface area contributed by atoms with Crippen molar-refractivity contribution in [2.24, 2.45) is 0 Å². The predicted octanol–water partition coefficient (Wildman–Crippen LogP) is 3.66. The fourth-order valence-electron chi connectivity index (χ4n) is 2.54. The van der Waals surface area contributed by atoms with Crippen LogP contribution < -0.4 is 5.32 Å². The lowest BCUT2D eigenvalue weighted by Gasteiger charge is -2.07. The number of benzene rings is 1. The number of nitrogens with zero attached hydrogens (tertiary/aromatic N) is 2. The molecule has 1 aliphatic rings. The molecule has 0 atom stereocenters. The van der Waals surface area contributed by atoms with E-state index in [2.05, 4.69) is 17.3 Å². The minimum absolute atomic E-state index is 0.136. The van der Waals surface area contributed by atoms with E-state index in [1.165, 1.54) is 12.8 Å². The van der Waals surface area contributed by atoms with Crippen molar-refractivity contribution < 1.29 is 4.39 Å². The summed E-state index contributed by atoms with van der Waals surface area (Å²) in [5.74, 6) is -0.136. The highest BCUT2D eigenvalue weighted by Gasteiger charge is 2.20. The molecule has 0 radical (unpaired) electrons. The van der Waals surface area contributed by atoms with Crippen LogP contribution in [-0.2, 0) is 13.1 Å². The largest absolute Gasteiger partial charge is 0.310 e. The van der Waals surface area contributed by atoms with Crippen LogP contribution in [-0.4, -0.2) is 15.8 Å². The van der Waals surface area contributed by atoms with Gasteiger partial charge in [0.1, 0.15) is 5.82 Å². The van der Waals surface area contributed by atoms with Crippen LogP contribution in [0.25, 0.3) is 11.1 Å². The first kappa shape index (κ1) is 14.3. The van der Waals surface area contributed by atoms with Crippen molar-refractivity contribution in [3.63, 3.8) is 0 Å². The molecule has 0 amide bonds. The Hall–Kier alpha value is -1.68. The van der Waals surface area contributed by atoms with Crippen molar-refractivity contribution in [2.75, 3.05) is 0 Å². The molecule has 3 rings (SSSR count). The first-order valence-electron chi connectivity index (χ1n) is 7.73. The second kappa shape index (κ2) is 5.98. The van der Waals surface area contributed by atoms with Gasteiger partial charge in [-0.15, -0.1) is 0 Å². The summed E-state index contributed by atoms with van der Waals surface area (Å²) >= 11 is 0. The van der Waals surface area contributed by atoms with Gasteiger partial charge in [-0.05, 0) is 37.8 Å². The quantitative estimate of drug-likeness (QED) is 0.878. The number of rotatable bonds is 6. The molecule has 21 heavy (non-hydrogen) atoms. The summed E-state index contributed by atoms with van der Waals surface area (Å²) in [5, 5.41) is 7.83. The normalized spacial score (nSPS) is 14.6. The Kier molecular flexibility index (Phi) is 4.06. The van der Waals surface area contributed by atoms with Crippen molar-refractivity contribution in [3.8, 4) is 11.1 Å². The van der Waals surface area contributed by atoms with E-state index >= 15 is 0 Å². The van der Waals surface area contributed by atoms with E-state index in [9.17, 15) is 4.39 Å². The highest BCUT2D eigenvalue weighted by molar-refractivity contribution is 5.65. The lowest BCUT2D eigenvalue weighted by molar-refractivity contribution is 0.587. The average Bonchev–Trinajstić information content (AvgIpc) is 3.21. The van der Waals surface area contributed by atoms with Gasteiger partial charge in [-0.2, -0.15) is 5.10 Å². The SMILES string of the molecule is CCCn1cc(-c2ccc(CNC3CC3)c(F)c2)c(C)n1. The fraction of sp³-hybridized carbons (Fsp3) is 0.471. The Balaban J connectivity index is 1.80. The first-order valence-corrected chi connectivity index (χ1v) is 7.73. The second-order valence-corrected chi connectivity index (χ2v) is 5.85. The molecule has 2 aromatic rings. The molecule has 1 N–H and O–H groups in total. The molecular formula is C17H22FN3. The van der Waals surface area contributed by atoms with Crippen molar-refractivity contribution in [3.05, 3.63) is 41.5 Å². The van der Waals surface area contributed by atoms with E-state index in [1.54, 1.807) is 6.07 Å². The minimum Gasteiger partial charge on any atom is -0.310 e. The van der Waals surface area contributed by atoms with Gasteiger partial charge in [-0.3, -0.25) is 4.68 Å². The predicted molar refractivity (Wildman–Crippen MR) is 82.5 cm³/mol. The van der Waals surface area contributed by atoms with Gasteiger partial charge in [0.15, 0.2) is 0 Å². The van der Waals surface area contributed by atoms with Crippen LogP contribution in [0.3, 0.4) is 0 Å². The molecule has 1 aromatic heterocycles. The molecule has 0 aliphatic heterocycles. The number of aryl methyl sites for hydroxylation is 2. The van der Waals surface area contributed by atoms with Gasteiger partial charge < -0.3 is 5.32 Å². The van der Waals surface area contributed by atoms with Gasteiger partial charge in [0.2, 0.25) is 0 Å². The maximum Gasteiger partial charge on any atom is 0.128 e. The van der Waals surface area contributed by atoms with Crippen LogP contribution in [0.15, 0.2) is 24.4 Å². The summed E-state index contributed by atoms with van der Waals surface area (Å²) < 4.78 is 16.2. The molecule has 0 unspecified atom stereocenters. The number of nitrogens with one attached hydrogen (secondary N) is 1. The van der Waals surface area contributed by atoms with Gasteiger partial charge >= 0.3 is 0 Å². The third-order valence-electron chi connectivity index (χ3n) is 3.92. The molecule has 0 spiro atoms. The molecule has 1 fully saturated rings. The van der Waals surface area contributed by atoms with Gasteiger partial charge in [0, 0.05) is 36.5 Å². The average molecular weight is 287 g/mol. The Morgan fingerprint density at radius 1 is 1.38 bits per heavy atom. The minimum atomic E-state index is -0.136. The molecule has 1 saturated carbocycles. The second-order valence-electron chi connectivity index (χ2n) is 5.85. The molecular weight excluding hydrogens is 265 g/mol. The van der Waals surface area contributed by atoms with Crippen LogP contribution in [0.4, 0.5) is 4.39 Å². The van der Waals surface area contributed by atoms with E-state index in [4.69, 9.17) is 0 Å². The molecule has 112 valence electrons. The molecule has 1 aliphatic carbocycles. The third kappa shape index (κ3) is 3.32. The van der Waals surface area contributed by atoms with Crippen molar-refractivity contribution in [2.45, 2.75) is 52.2 Å². The molecule has 0 saturated heterocycles. The maximum absolute atomic E-state index is 14.2. The van der Waals surface area contributed by atoms with Gasteiger partial charge in [-0.25, -0.2) is 4.39 Å². The zero-order valence-corrected chi connectivity index (χ0v) is 12.7. The Morgan fingerprint density at radius 2 is 2.19 bits per heavy atom. The van der Waals surface area contributed by atoms with E-state index in [1.807, 2.05) is 29.9 Å². The van der Waals surface area contributed by atoms with Crippen LogP contribution in [0.2, 0.25) is 0 Å². The van der Waals surface area contributed by atoms with Crippen LogP contribution in [0.1, 0.15) is 37.4 Å². The fourth-order valence-corrected chi connectivity index (χ4v) is 2.54. The lowest BCUT2D eigenvalue weighted by Crippen LogP contribution is -2.16. The molecule has 1 heterocycles. The summed E-state index contributed by atoms with van der Waals surface area (Å²) in [6.07, 6.45) is 5.49. The van der Waals surface area contributed by atoms with E-state index in [0.29, 0.717) is 12.6 Å². The van der Waals surface area contributed by atoms with Gasteiger partial charge in [-0.1, -0.05) is 19.1 Å². The Labute approximate surface area is 125 Å². The van der Waals surface area contributed by atoms with Crippen LogP contribution in [0.5, 0.6) is 0 Å². The van der Waals surface area contributed by atoms with Crippen LogP contribution >= 0.6 is 0 Å². The van der Waals surface area contributed by atoms with Crippen molar-refractivity contribution in [1.29, 1.82) is 0 Å². The Morgan fingerprint density at radius 3 is 2.86 bits per heavy atom. The van der Waals surface area contributed by atoms with E-state index in [-0.39, 0.29) is 5.82 Å². The smallest absolute Gasteiger partial charge is 0.128 e. The number of aromatic nitrogens is 2. The summed E-state index contributed by atoms with van der Waals surface area (Å²) in [5.41, 5.74) is 3.61. The van der Waals surface area contributed by atoms with Crippen molar-refractivity contribution >= 4 is 0 Å². The molecule has 3 nitrogen and oxygen atoms in total. The summed E-state index contributed by atoms with van der Waals surface area (Å²) in [7, 11) is 0. The van der Waals surface area contributed by atoms with Gasteiger partial charge in [0.05, 0.1) is 5.69 Å². The van der Waals surface area contributed by atoms with E-state index in [0.717, 1.165) is 35.3 Å². The zero-order valence-electron chi connectivity index (χ0n) is 12.7. The Bertz CT molecular complexity index is 629. The number of halogens is 1. The van der Waals surface area contributed by atoms with Gasteiger partial charge in [0.25, 0.3) is 0 Å². The number of hydrogen-bond acceptors (Lipinski definition) is 2. The summed E-state index contributed by atoms with van der Waals surface area (Å²) in [4.78, 5) is 0. The zero-order chi connectivity index (χ0) is 14.8. The standard InChI is InChI=1S/C17H22FN3/c1-3-8-21-11-16(12(2)20-21)13-4-5-14(17(18)9-13)10-19-15-6-7-15/h4-5,9,11,15,19H,3,6-8,10H2,1-2H3. The third-order valence-corrected chi connectivity index (χ3v) is 3.92. The van der Waals surface area contributed by atoms with Crippen molar-refractivity contribution in [1.82, 2.24) is 15.1 Å². The molecule has 1 aromatic carbocycles. The van der Waals surface area contributed by atoms with E-state index < -0.39 is 0 Å². The summed E-state index contributed by atoms with van der Waals surface area (Å²) in [6.45, 7) is 5.61. The first-order chi connectivity index (χ1) is 10.2.